The molecule has 2 aromatic heterocycles. The highest BCUT2D eigenvalue weighted by Crippen LogP contribution is 2.62. The number of nitrogens with zero attached hydrogens (tertiary/aromatic N) is 5. The van der Waals surface area contributed by atoms with Gasteiger partial charge in [-0.15, -0.1) is 0 Å². The molecule has 8 aliphatic rings. The van der Waals surface area contributed by atoms with E-state index in [2.05, 4.69) is 5.32 Å². The summed E-state index contributed by atoms with van der Waals surface area (Å²) in [5.74, 6) is -4.50. The number of aliphatic hydroxyl groups is 2. The standard InChI is InChI=1S/C63H74F2N6O14/c1-7-43-38-15-10-34-21-37(72)16-17-62(34,3)49(38)47(73)24-63(43,4)58(77)48(74)30-83-59(78)41-27-70(35-11-12-35)50-39(54(41)75)22-44(64)52(56(50)81-5)67-19-20-69(32(2)25-67)61(80)85-31-84-60(79)42-28-71(36-13-14-36)51-40(55(42)76)23-45(65)53(57(51)82-6)68-26-33-9-8-18-66-46(33)29-68/h16-17,21-23,27-28,32-33,35-36,38,43,46-47,49,58,66,73,77H,7-15,18-20,24-26,29-31H2,1-6H3. The molecule has 5 aliphatic carbocycles. The Balaban J connectivity index is 0.707. The first-order valence-corrected chi connectivity index (χ1v) is 30.0. The Kier molecular flexibility index (Phi) is 15.3. The van der Waals surface area contributed by atoms with Gasteiger partial charge in [0.1, 0.15) is 28.6 Å². The highest BCUT2D eigenvalue weighted by atomic mass is 19.1. The quantitative estimate of drug-likeness (QED) is 0.0809. The molecule has 3 saturated heterocycles. The smallest absolute Gasteiger partial charge is 0.413 e. The first-order valence-electron chi connectivity index (χ1n) is 30.0. The maximum atomic E-state index is 16.7. The number of hydrogen-bond donors (Lipinski definition) is 3. The topological polar surface area (TPSA) is 238 Å². The predicted molar refractivity (Wildman–Crippen MR) is 308 cm³/mol. The van der Waals surface area contributed by atoms with Gasteiger partial charge in [-0.1, -0.05) is 38.8 Å². The minimum absolute atomic E-state index is 0.0158. The number of nitrogens with one attached hydrogen (secondary N) is 1. The molecule has 20 nitrogen and oxygen atoms in total. The molecular formula is C63H74F2N6O14. The number of Topliss-reactive ketones (excluding diaryl/α,β-unsaturated/α-hetero) is 1. The second-order valence-corrected chi connectivity index (χ2v) is 25.3. The van der Waals surface area contributed by atoms with Gasteiger partial charge in [-0.25, -0.2) is 23.2 Å². The molecule has 2 aromatic carbocycles. The minimum Gasteiger partial charge on any atom is -0.492 e. The summed E-state index contributed by atoms with van der Waals surface area (Å²) >= 11 is 0. The third-order valence-electron chi connectivity index (χ3n) is 20.2. The Morgan fingerprint density at radius 3 is 1.99 bits per heavy atom. The number of anilines is 2. The number of allylic oxidation sites excluding steroid dienone is 4. The molecule has 0 spiro atoms. The van der Waals surface area contributed by atoms with Gasteiger partial charge in [-0.05, 0) is 113 Å². The number of ether oxygens (including phenoxy) is 5. The average molecular weight is 1180 g/mol. The largest absolute Gasteiger partial charge is 0.492 e. The van der Waals surface area contributed by atoms with Crippen LogP contribution in [0.15, 0.2) is 57.9 Å². The van der Waals surface area contributed by atoms with Gasteiger partial charge in [0.25, 0.3) is 0 Å². The maximum Gasteiger partial charge on any atom is 0.413 e. The monoisotopic (exact) mass is 1180 g/mol. The lowest BCUT2D eigenvalue weighted by atomic mass is 9.45. The number of aromatic nitrogens is 2. The summed E-state index contributed by atoms with van der Waals surface area (Å²) in [6.07, 6.45) is 11.4. The third-order valence-corrected chi connectivity index (χ3v) is 20.2. The van der Waals surface area contributed by atoms with Crippen molar-refractivity contribution < 1.29 is 66.7 Å². The molecule has 7 fully saturated rings. The molecule has 10 atom stereocenters. The molecular weight excluding hydrogens is 1100 g/mol. The zero-order valence-electron chi connectivity index (χ0n) is 48.8. The fourth-order valence-corrected chi connectivity index (χ4v) is 15.8. The van der Waals surface area contributed by atoms with E-state index in [0.717, 1.165) is 49.9 Å². The van der Waals surface area contributed by atoms with Crippen molar-refractivity contribution in [3.05, 3.63) is 91.5 Å². The average Bonchev–Trinajstić information content (AvgIpc) is 1.93. The molecule has 12 rings (SSSR count). The SMILES string of the molecule is CCC1C2CCC3=CC(=O)C=CC3(C)C2C(O)CC1(C)C(O)C(=O)COC(=O)c1cn(C2CC2)c2c(OC)c(N3CCN(C(=O)OCOC(=O)c4cn(C5CC5)c5c(OC)c(N6CC7CCCNC7C6)c(F)cc5c4=O)C(C)C3)c(F)cc2c1=O. The van der Waals surface area contributed by atoms with E-state index in [1.54, 1.807) is 40.0 Å². The molecule has 10 unspecified atom stereocenters. The Bertz CT molecular complexity index is 3620. The second-order valence-electron chi connectivity index (χ2n) is 25.3. The predicted octanol–water partition coefficient (Wildman–Crippen LogP) is 6.91. The van der Waals surface area contributed by atoms with E-state index in [4.69, 9.17) is 23.7 Å². The first kappa shape index (κ1) is 58.2. The summed E-state index contributed by atoms with van der Waals surface area (Å²) in [7, 11) is 2.78. The van der Waals surface area contributed by atoms with E-state index in [1.165, 1.54) is 31.5 Å². The van der Waals surface area contributed by atoms with Crippen molar-refractivity contribution in [2.75, 3.05) is 76.7 Å². The molecule has 85 heavy (non-hydrogen) atoms. The molecule has 5 heterocycles. The van der Waals surface area contributed by atoms with Gasteiger partial charge in [0.15, 0.2) is 41.3 Å². The van der Waals surface area contributed by atoms with Crippen LogP contribution in [-0.4, -0.2) is 145 Å². The van der Waals surface area contributed by atoms with Crippen LogP contribution >= 0.6 is 0 Å². The Hall–Kier alpha value is -7.17. The van der Waals surface area contributed by atoms with Gasteiger partial charge in [0.05, 0.1) is 42.1 Å². The van der Waals surface area contributed by atoms with Crippen molar-refractivity contribution in [2.24, 2.45) is 34.5 Å². The molecule has 0 radical (unpaired) electrons. The van der Waals surface area contributed by atoms with Gasteiger partial charge in [-0.3, -0.25) is 19.2 Å². The van der Waals surface area contributed by atoms with E-state index < -0.39 is 94.4 Å². The number of carbonyl (C=O) groups is 5. The van der Waals surface area contributed by atoms with E-state index in [1.807, 2.05) is 24.8 Å². The number of methoxy groups -OCH3 is 2. The van der Waals surface area contributed by atoms with Crippen molar-refractivity contribution in [1.82, 2.24) is 19.4 Å². The van der Waals surface area contributed by atoms with Gasteiger partial charge in [0.2, 0.25) is 17.7 Å². The Morgan fingerprint density at radius 1 is 0.800 bits per heavy atom. The van der Waals surface area contributed by atoms with Gasteiger partial charge in [-0.2, -0.15) is 0 Å². The molecule has 4 saturated carbocycles. The maximum absolute atomic E-state index is 16.7. The van der Waals surface area contributed by atoms with Crippen molar-refractivity contribution in [2.45, 2.75) is 128 Å². The van der Waals surface area contributed by atoms with E-state index >= 15 is 8.78 Å². The number of halogens is 2. The number of hydrogen-bond acceptors (Lipinski definition) is 17. The Labute approximate surface area is 489 Å². The molecule has 4 aromatic rings. The van der Waals surface area contributed by atoms with Crippen LogP contribution in [0.2, 0.25) is 0 Å². The van der Waals surface area contributed by atoms with Crippen LogP contribution < -0.4 is 35.4 Å². The zero-order chi connectivity index (χ0) is 60.1. The van der Waals surface area contributed by atoms with Gasteiger partial charge in [0, 0.05) is 86.0 Å². The number of ketones is 2. The summed E-state index contributed by atoms with van der Waals surface area (Å²) in [5.41, 5.74) is -2.19. The lowest BCUT2D eigenvalue weighted by Crippen LogP contribution is -2.60. The number of fused-ring (bicyclic) bond motifs is 6. The van der Waals surface area contributed by atoms with Gasteiger partial charge >= 0.3 is 18.0 Å². The highest BCUT2D eigenvalue weighted by molar-refractivity contribution is 6.02. The molecule has 3 aliphatic heterocycles. The number of esters is 2. The number of piperidine rings is 1. The normalized spacial score (nSPS) is 28.5. The van der Waals surface area contributed by atoms with Crippen molar-refractivity contribution in [3.8, 4) is 11.5 Å². The molecule has 1 amide bonds. The van der Waals surface area contributed by atoms with Crippen LogP contribution in [0.5, 0.6) is 11.5 Å². The number of pyridine rings is 2. The number of piperazine rings is 1. The summed E-state index contributed by atoms with van der Waals surface area (Å²) in [6, 6.07) is 1.54. The van der Waals surface area contributed by atoms with Crippen LogP contribution in [0.4, 0.5) is 25.0 Å². The minimum atomic E-state index is -1.63. The highest BCUT2D eigenvalue weighted by Gasteiger charge is 2.60. The lowest BCUT2D eigenvalue weighted by Gasteiger charge is -2.60. The molecule has 3 N–H and O–H groups in total. The van der Waals surface area contributed by atoms with Crippen molar-refractivity contribution in [3.63, 3.8) is 0 Å². The fraction of sp³-hybridized carbons (Fsp3) is 0.571. The molecule has 454 valence electrons. The number of rotatable bonds is 15. The van der Waals surface area contributed by atoms with Crippen LogP contribution in [0.3, 0.4) is 0 Å². The Morgan fingerprint density at radius 2 is 1.41 bits per heavy atom. The van der Waals surface area contributed by atoms with Crippen LogP contribution in [-0.2, 0) is 23.8 Å². The van der Waals surface area contributed by atoms with Gasteiger partial charge < -0.3 is 63.0 Å². The lowest BCUT2D eigenvalue weighted by molar-refractivity contribution is -0.167. The summed E-state index contributed by atoms with van der Waals surface area (Å²) in [6.45, 7) is 8.08. The summed E-state index contributed by atoms with van der Waals surface area (Å²) in [4.78, 5) is 101. The van der Waals surface area contributed by atoms with E-state index in [-0.39, 0.29) is 112 Å². The number of aliphatic hydroxyl groups excluding tert-OH is 2. The second kappa shape index (κ2) is 22.3. The van der Waals surface area contributed by atoms with Crippen LogP contribution in [0.25, 0.3) is 21.8 Å². The van der Waals surface area contributed by atoms with Crippen molar-refractivity contribution in [1.29, 1.82) is 0 Å². The number of benzene rings is 2. The third kappa shape index (κ3) is 9.96. The van der Waals surface area contributed by atoms with Crippen molar-refractivity contribution >= 4 is 62.8 Å². The number of amides is 1. The van der Waals surface area contributed by atoms with Crippen LogP contribution in [0.1, 0.15) is 125 Å². The van der Waals surface area contributed by atoms with E-state index in [9.17, 15) is 43.8 Å². The zero-order valence-corrected chi connectivity index (χ0v) is 48.8. The molecule has 22 heteroatoms. The van der Waals surface area contributed by atoms with E-state index in [0.29, 0.717) is 56.6 Å². The molecule has 0 bridgehead atoms. The summed E-state index contributed by atoms with van der Waals surface area (Å²) in [5, 5.41) is 26.9. The fourth-order valence-electron chi connectivity index (χ4n) is 15.8. The number of carbonyl (C=O) groups excluding carboxylic acids is 5. The summed E-state index contributed by atoms with van der Waals surface area (Å²) < 4.78 is 64.5. The van der Waals surface area contributed by atoms with Crippen LogP contribution in [0, 0.1) is 46.1 Å². The first-order chi connectivity index (χ1) is 40.7.